The lowest BCUT2D eigenvalue weighted by Gasteiger charge is -2.16. The number of aromatic nitrogens is 3. The second-order valence-corrected chi connectivity index (χ2v) is 7.81. The van der Waals surface area contributed by atoms with Crippen LogP contribution in [0.25, 0.3) is 11.5 Å². The minimum Gasteiger partial charge on any atom is -0.394 e. The van der Waals surface area contributed by atoms with E-state index in [1.54, 1.807) is 22.6 Å². The van der Waals surface area contributed by atoms with Crippen molar-refractivity contribution in [2.75, 3.05) is 18.6 Å². The fourth-order valence-corrected chi connectivity index (χ4v) is 3.73. The number of rotatable bonds is 8. The average molecular weight is 449 g/mol. The van der Waals surface area contributed by atoms with Crippen LogP contribution in [0.15, 0.2) is 59.5 Å². The summed E-state index contributed by atoms with van der Waals surface area (Å²) in [5, 5.41) is 16.9. The second kappa shape index (κ2) is 9.25. The molecule has 1 aromatic carbocycles. The van der Waals surface area contributed by atoms with Crippen LogP contribution in [0.1, 0.15) is 16.8 Å². The summed E-state index contributed by atoms with van der Waals surface area (Å²) in [4.78, 5) is 12.9. The molecule has 0 spiro atoms. The molecule has 1 amide bonds. The van der Waals surface area contributed by atoms with E-state index in [0.717, 1.165) is 15.9 Å². The molecular weight excluding hydrogens is 428 g/mol. The molecule has 2 N–H and O–H groups in total. The fraction of sp³-hybridized carbons (Fsp3) is 0.263. The van der Waals surface area contributed by atoms with Crippen molar-refractivity contribution in [2.45, 2.75) is 12.5 Å². The first-order chi connectivity index (χ1) is 13.2. The van der Waals surface area contributed by atoms with Gasteiger partial charge in [0.1, 0.15) is 5.56 Å². The van der Waals surface area contributed by atoms with Gasteiger partial charge in [-0.3, -0.25) is 4.79 Å². The number of carbonyl (C=O) groups excluding carboxylic acids is 1. The van der Waals surface area contributed by atoms with Gasteiger partial charge in [0.25, 0.3) is 5.91 Å². The van der Waals surface area contributed by atoms with E-state index in [1.165, 1.54) is 0 Å². The Kier molecular flexibility index (Phi) is 6.76. The van der Waals surface area contributed by atoms with Gasteiger partial charge in [-0.05, 0) is 58.6 Å². The van der Waals surface area contributed by atoms with E-state index in [4.69, 9.17) is 0 Å². The van der Waals surface area contributed by atoms with Crippen molar-refractivity contribution >= 4 is 33.6 Å². The molecule has 2 aromatic heterocycles. The number of para-hydroxylation sites is 1. The van der Waals surface area contributed by atoms with Gasteiger partial charge in [0.15, 0.2) is 5.82 Å². The lowest BCUT2D eigenvalue weighted by molar-refractivity contribution is 0.0915. The number of amides is 1. The van der Waals surface area contributed by atoms with Crippen molar-refractivity contribution in [3.05, 3.63) is 65.0 Å². The van der Waals surface area contributed by atoms with Crippen molar-refractivity contribution < 1.29 is 9.90 Å². The van der Waals surface area contributed by atoms with Crippen LogP contribution in [0.5, 0.6) is 0 Å². The number of benzene rings is 1. The van der Waals surface area contributed by atoms with Crippen LogP contribution in [0.2, 0.25) is 0 Å². The van der Waals surface area contributed by atoms with Crippen LogP contribution in [0, 0.1) is 0 Å². The van der Waals surface area contributed by atoms with E-state index in [9.17, 15) is 9.90 Å². The molecular formula is C19H21BrN4O2S. The number of aliphatic hydroxyl groups is 1. The maximum Gasteiger partial charge on any atom is 0.257 e. The van der Waals surface area contributed by atoms with Gasteiger partial charge in [-0.15, -0.1) is 0 Å². The predicted octanol–water partition coefficient (Wildman–Crippen LogP) is 3.27. The third-order valence-corrected chi connectivity index (χ3v) is 5.46. The molecule has 27 heavy (non-hydrogen) atoms. The van der Waals surface area contributed by atoms with E-state index in [2.05, 4.69) is 26.3 Å². The Hall–Kier alpha value is -2.03. The van der Waals surface area contributed by atoms with Gasteiger partial charge >= 0.3 is 0 Å². The number of thioether (sulfide) groups is 1. The molecule has 0 radical (unpaired) electrons. The molecule has 0 unspecified atom stereocenters. The molecule has 0 bridgehead atoms. The summed E-state index contributed by atoms with van der Waals surface area (Å²) in [5.41, 5.74) is 1.28. The molecule has 0 aliphatic rings. The molecule has 2 heterocycles. The molecule has 0 saturated heterocycles. The molecule has 0 saturated carbocycles. The van der Waals surface area contributed by atoms with Gasteiger partial charge in [-0.25, -0.2) is 4.68 Å². The predicted molar refractivity (Wildman–Crippen MR) is 112 cm³/mol. The minimum absolute atomic E-state index is 0.0937. The fourth-order valence-electron chi connectivity index (χ4n) is 2.76. The van der Waals surface area contributed by atoms with Crippen molar-refractivity contribution in [1.82, 2.24) is 19.7 Å². The van der Waals surface area contributed by atoms with Crippen LogP contribution in [-0.4, -0.2) is 50.0 Å². The van der Waals surface area contributed by atoms with Gasteiger partial charge in [0.05, 0.1) is 24.5 Å². The highest BCUT2D eigenvalue weighted by atomic mass is 79.9. The van der Waals surface area contributed by atoms with Crippen molar-refractivity contribution in [3.8, 4) is 11.5 Å². The molecule has 6 nitrogen and oxygen atoms in total. The van der Waals surface area contributed by atoms with Crippen molar-refractivity contribution in [2.24, 2.45) is 0 Å². The highest BCUT2D eigenvalue weighted by Gasteiger charge is 2.22. The summed E-state index contributed by atoms with van der Waals surface area (Å²) >= 11 is 5.23. The Morgan fingerprint density at radius 2 is 2.04 bits per heavy atom. The summed E-state index contributed by atoms with van der Waals surface area (Å²) in [6.45, 7) is -0.0937. The molecule has 1 atom stereocenters. The zero-order valence-corrected chi connectivity index (χ0v) is 17.3. The zero-order valence-electron chi connectivity index (χ0n) is 14.9. The smallest absolute Gasteiger partial charge is 0.257 e. The molecule has 0 aliphatic heterocycles. The summed E-state index contributed by atoms with van der Waals surface area (Å²) in [6, 6.07) is 11.2. The highest BCUT2D eigenvalue weighted by Crippen LogP contribution is 2.25. The molecule has 3 aromatic rings. The first-order valence-corrected chi connectivity index (χ1v) is 10.7. The number of aliphatic hydroxyl groups excluding tert-OH is 1. The van der Waals surface area contributed by atoms with Crippen molar-refractivity contribution in [3.63, 3.8) is 0 Å². The van der Waals surface area contributed by atoms with Gasteiger partial charge in [-0.1, -0.05) is 12.1 Å². The number of nitrogens with zero attached hydrogens (tertiary/aromatic N) is 3. The lowest BCUT2D eigenvalue weighted by Crippen LogP contribution is -2.38. The zero-order chi connectivity index (χ0) is 19.2. The Morgan fingerprint density at radius 1 is 1.30 bits per heavy atom. The van der Waals surface area contributed by atoms with Crippen molar-refractivity contribution in [1.29, 1.82) is 0 Å². The Balaban J connectivity index is 1.99. The average Bonchev–Trinajstić information content (AvgIpc) is 3.34. The normalized spacial score (nSPS) is 12.1. The minimum atomic E-state index is -0.283. The number of halogens is 1. The number of carbonyl (C=O) groups is 1. The summed E-state index contributed by atoms with van der Waals surface area (Å²) in [5.74, 6) is 1.26. The largest absolute Gasteiger partial charge is 0.394 e. The van der Waals surface area contributed by atoms with E-state index in [-0.39, 0.29) is 18.6 Å². The quantitative estimate of drug-likeness (QED) is 0.554. The Morgan fingerprint density at radius 3 is 2.70 bits per heavy atom. The topological polar surface area (TPSA) is 72.1 Å². The summed E-state index contributed by atoms with van der Waals surface area (Å²) in [6.07, 6.45) is 8.02. The third-order valence-electron chi connectivity index (χ3n) is 4.14. The first-order valence-electron chi connectivity index (χ1n) is 8.52. The maximum atomic E-state index is 12.9. The summed E-state index contributed by atoms with van der Waals surface area (Å²) in [7, 11) is 0. The highest BCUT2D eigenvalue weighted by molar-refractivity contribution is 9.10. The van der Waals surface area contributed by atoms with E-state index < -0.39 is 0 Å². The van der Waals surface area contributed by atoms with Crippen LogP contribution in [-0.2, 0) is 0 Å². The van der Waals surface area contributed by atoms with E-state index >= 15 is 0 Å². The van der Waals surface area contributed by atoms with Crippen LogP contribution in [0.4, 0.5) is 0 Å². The van der Waals surface area contributed by atoms with E-state index in [0.29, 0.717) is 17.8 Å². The van der Waals surface area contributed by atoms with Gasteiger partial charge < -0.3 is 15.0 Å². The molecule has 3 rings (SSSR count). The molecule has 142 valence electrons. The number of nitrogens with one attached hydrogen (secondary N) is 1. The van der Waals surface area contributed by atoms with Gasteiger partial charge in [0.2, 0.25) is 0 Å². The lowest BCUT2D eigenvalue weighted by atomic mass is 10.2. The monoisotopic (exact) mass is 448 g/mol. The number of hydrogen-bond donors (Lipinski definition) is 2. The van der Waals surface area contributed by atoms with Gasteiger partial charge in [0, 0.05) is 16.9 Å². The molecule has 0 fully saturated rings. The maximum absolute atomic E-state index is 12.9. The molecule has 0 aliphatic carbocycles. The second-order valence-electron chi connectivity index (χ2n) is 5.97. The summed E-state index contributed by atoms with van der Waals surface area (Å²) < 4.78 is 4.47. The van der Waals surface area contributed by atoms with E-state index in [1.807, 2.05) is 59.6 Å². The third kappa shape index (κ3) is 4.45. The van der Waals surface area contributed by atoms with Crippen LogP contribution >= 0.6 is 27.7 Å². The van der Waals surface area contributed by atoms with Gasteiger partial charge in [-0.2, -0.15) is 16.9 Å². The number of hydrogen-bond acceptors (Lipinski definition) is 4. The van der Waals surface area contributed by atoms with Crippen LogP contribution in [0.3, 0.4) is 0 Å². The van der Waals surface area contributed by atoms with Crippen LogP contribution < -0.4 is 5.32 Å². The first kappa shape index (κ1) is 19.7. The standard InChI is InChI=1S/C19H21BrN4O2S/c1-27-11-8-14(13-25)22-18(26)15-12-21-24(17-7-3-2-6-16(17)20)19(15)23-9-4-5-10-23/h2-7,9-10,12,14,25H,8,11,13H2,1H3,(H,22,26)/t14-/m0/s1. The SMILES string of the molecule is CSCC[C@@H](CO)NC(=O)c1cnn(-c2ccccc2Br)c1-n1cccc1. The molecule has 8 heteroatoms. The Labute approximate surface area is 170 Å². The Bertz CT molecular complexity index is 895.